The van der Waals surface area contributed by atoms with Crippen molar-refractivity contribution in [1.29, 1.82) is 0 Å². The van der Waals surface area contributed by atoms with Crippen LogP contribution in [0.4, 0.5) is 0 Å². The van der Waals surface area contributed by atoms with Crippen LogP contribution in [-0.4, -0.2) is 60.7 Å². The molecule has 2 amide bonds. The molecule has 1 aromatic carbocycles. The van der Waals surface area contributed by atoms with Gasteiger partial charge in [0, 0.05) is 19.4 Å². The number of likely N-dealkylation sites (N-methyl/N-ethyl adjacent to an activating group) is 1. The fourth-order valence-corrected chi connectivity index (χ4v) is 2.97. The van der Waals surface area contributed by atoms with Crippen molar-refractivity contribution in [2.75, 3.05) is 27.9 Å². The van der Waals surface area contributed by atoms with Gasteiger partial charge in [-0.2, -0.15) is 0 Å². The summed E-state index contributed by atoms with van der Waals surface area (Å²) in [5.41, 5.74) is 0.686. The molecule has 3 rings (SSSR count). The molecule has 2 atom stereocenters. The first-order valence-electron chi connectivity index (χ1n) is 8.39. The minimum atomic E-state index is -0.860. The van der Waals surface area contributed by atoms with Crippen LogP contribution in [0.2, 0.25) is 0 Å². The van der Waals surface area contributed by atoms with Crippen LogP contribution in [-0.2, 0) is 20.9 Å². The van der Waals surface area contributed by atoms with Gasteiger partial charge in [-0.25, -0.2) is 4.98 Å². The standard InChI is InChI=1S/C18H22N4O5/c1-22(9-14-19-6-7-20-14)18(24)17-16(21-15(23)10-27-17)11-4-5-12(25-2)13(8-11)26-3/h4-8,16-17H,9-10H2,1-3H3,(H,19,20)(H,21,23)/t16-,17+/m1/s1. The van der Waals surface area contributed by atoms with Gasteiger partial charge in [-0.1, -0.05) is 6.07 Å². The lowest BCUT2D eigenvalue weighted by Crippen LogP contribution is -2.52. The number of methoxy groups -OCH3 is 2. The van der Waals surface area contributed by atoms with Crippen LogP contribution in [0.15, 0.2) is 30.6 Å². The van der Waals surface area contributed by atoms with Gasteiger partial charge in [0.1, 0.15) is 12.4 Å². The smallest absolute Gasteiger partial charge is 0.254 e. The molecular weight excluding hydrogens is 352 g/mol. The summed E-state index contributed by atoms with van der Waals surface area (Å²) in [6.07, 6.45) is 2.45. The van der Waals surface area contributed by atoms with E-state index in [1.54, 1.807) is 44.8 Å². The van der Waals surface area contributed by atoms with Crippen molar-refractivity contribution in [3.05, 3.63) is 42.0 Å². The molecule has 1 aliphatic heterocycles. The lowest BCUT2D eigenvalue weighted by atomic mass is 9.98. The van der Waals surface area contributed by atoms with Gasteiger partial charge in [-0.15, -0.1) is 0 Å². The molecule has 9 heteroatoms. The quantitative estimate of drug-likeness (QED) is 0.769. The molecule has 0 unspecified atom stereocenters. The second-order valence-corrected chi connectivity index (χ2v) is 6.12. The Bertz CT molecular complexity index is 808. The van der Waals surface area contributed by atoms with E-state index in [1.807, 2.05) is 0 Å². The lowest BCUT2D eigenvalue weighted by molar-refractivity contribution is -0.154. The van der Waals surface area contributed by atoms with Crippen molar-refractivity contribution in [2.24, 2.45) is 0 Å². The Morgan fingerprint density at radius 2 is 2.11 bits per heavy atom. The number of benzene rings is 1. The first-order chi connectivity index (χ1) is 13.0. The molecule has 2 N–H and O–H groups in total. The monoisotopic (exact) mass is 374 g/mol. The van der Waals surface area contributed by atoms with Gasteiger partial charge in [-0.05, 0) is 17.7 Å². The number of imidazole rings is 1. The maximum atomic E-state index is 12.9. The second kappa shape index (κ2) is 8.09. The first-order valence-corrected chi connectivity index (χ1v) is 8.39. The molecule has 1 fully saturated rings. The van der Waals surface area contributed by atoms with Crippen molar-refractivity contribution >= 4 is 11.8 Å². The van der Waals surface area contributed by atoms with Gasteiger partial charge in [0.25, 0.3) is 5.91 Å². The van der Waals surface area contributed by atoms with Crippen molar-refractivity contribution in [3.8, 4) is 11.5 Å². The molecule has 1 saturated heterocycles. The van der Waals surface area contributed by atoms with Gasteiger partial charge in [0.05, 0.1) is 26.8 Å². The predicted octanol–water partition coefficient (Wildman–Crippen LogP) is 0.642. The molecule has 0 saturated carbocycles. The summed E-state index contributed by atoms with van der Waals surface area (Å²) in [5.74, 6) is 1.18. The Morgan fingerprint density at radius 1 is 1.33 bits per heavy atom. The molecule has 9 nitrogen and oxygen atoms in total. The third-order valence-corrected chi connectivity index (χ3v) is 4.34. The van der Waals surface area contributed by atoms with Gasteiger partial charge in [0.2, 0.25) is 5.91 Å². The molecule has 2 aromatic rings. The highest BCUT2D eigenvalue weighted by atomic mass is 16.5. The van der Waals surface area contributed by atoms with E-state index in [-0.39, 0.29) is 18.4 Å². The number of carbonyl (C=O) groups excluding carboxylic acids is 2. The minimum Gasteiger partial charge on any atom is -0.493 e. The molecule has 144 valence electrons. The zero-order valence-electron chi connectivity index (χ0n) is 15.4. The largest absolute Gasteiger partial charge is 0.493 e. The third-order valence-electron chi connectivity index (χ3n) is 4.34. The van der Waals surface area contributed by atoms with E-state index in [2.05, 4.69) is 15.3 Å². The van der Waals surface area contributed by atoms with Crippen molar-refractivity contribution in [1.82, 2.24) is 20.2 Å². The molecule has 0 bridgehead atoms. The van der Waals surface area contributed by atoms with E-state index in [0.29, 0.717) is 29.4 Å². The highest BCUT2D eigenvalue weighted by Gasteiger charge is 2.38. The predicted molar refractivity (Wildman–Crippen MR) is 95.2 cm³/mol. The Morgan fingerprint density at radius 3 is 2.78 bits per heavy atom. The van der Waals surface area contributed by atoms with Crippen molar-refractivity contribution < 1.29 is 23.8 Å². The first kappa shape index (κ1) is 18.7. The highest BCUT2D eigenvalue weighted by Crippen LogP contribution is 2.32. The number of carbonyl (C=O) groups is 2. The minimum absolute atomic E-state index is 0.172. The van der Waals surface area contributed by atoms with Crippen LogP contribution in [0.1, 0.15) is 17.4 Å². The third kappa shape index (κ3) is 4.03. The van der Waals surface area contributed by atoms with E-state index in [4.69, 9.17) is 14.2 Å². The molecule has 27 heavy (non-hydrogen) atoms. The average Bonchev–Trinajstić information content (AvgIpc) is 3.19. The van der Waals surface area contributed by atoms with E-state index < -0.39 is 12.1 Å². The number of hydrogen-bond acceptors (Lipinski definition) is 6. The van der Waals surface area contributed by atoms with E-state index >= 15 is 0 Å². The summed E-state index contributed by atoms with van der Waals surface area (Å²) >= 11 is 0. The number of aromatic nitrogens is 2. The number of nitrogens with zero attached hydrogens (tertiary/aromatic N) is 2. The normalized spacial score (nSPS) is 19.3. The molecule has 1 aliphatic rings. The Hall–Kier alpha value is -3.07. The van der Waals surface area contributed by atoms with Crippen LogP contribution >= 0.6 is 0 Å². The molecule has 2 heterocycles. The summed E-state index contributed by atoms with van der Waals surface area (Å²) in [5, 5.41) is 2.83. The Labute approximate surface area is 156 Å². The summed E-state index contributed by atoms with van der Waals surface area (Å²) in [6.45, 7) is 0.132. The topological polar surface area (TPSA) is 106 Å². The Kier molecular flexibility index (Phi) is 5.60. The Balaban J connectivity index is 1.84. The van der Waals surface area contributed by atoms with Gasteiger partial charge < -0.3 is 29.4 Å². The second-order valence-electron chi connectivity index (χ2n) is 6.12. The number of aromatic amines is 1. The van der Waals surface area contributed by atoms with Crippen LogP contribution in [0, 0.1) is 0 Å². The fourth-order valence-electron chi connectivity index (χ4n) is 2.97. The summed E-state index contributed by atoms with van der Waals surface area (Å²) in [7, 11) is 4.73. The molecule has 0 radical (unpaired) electrons. The number of nitrogens with one attached hydrogen (secondary N) is 2. The zero-order valence-corrected chi connectivity index (χ0v) is 15.4. The number of hydrogen-bond donors (Lipinski definition) is 2. The lowest BCUT2D eigenvalue weighted by Gasteiger charge is -2.34. The molecule has 0 spiro atoms. The summed E-state index contributed by atoms with van der Waals surface area (Å²) < 4.78 is 16.1. The van der Waals surface area contributed by atoms with Gasteiger partial charge >= 0.3 is 0 Å². The average molecular weight is 374 g/mol. The number of H-pyrrole nitrogens is 1. The van der Waals surface area contributed by atoms with Gasteiger partial charge in [-0.3, -0.25) is 9.59 Å². The van der Waals surface area contributed by atoms with Crippen molar-refractivity contribution in [3.63, 3.8) is 0 Å². The summed E-state index contributed by atoms with van der Waals surface area (Å²) in [6, 6.07) is 4.58. The SMILES string of the molecule is COc1ccc([C@H]2NC(=O)CO[C@@H]2C(=O)N(C)Cc2ncc[nH]2)cc1OC. The molecular formula is C18H22N4O5. The fraction of sp³-hybridized carbons (Fsp3) is 0.389. The van der Waals surface area contributed by atoms with Crippen LogP contribution in [0.25, 0.3) is 0 Å². The maximum absolute atomic E-state index is 12.9. The number of amides is 2. The number of ether oxygens (including phenoxy) is 3. The van der Waals surface area contributed by atoms with E-state index in [1.165, 1.54) is 12.0 Å². The maximum Gasteiger partial charge on any atom is 0.254 e. The van der Waals surface area contributed by atoms with Gasteiger partial charge in [0.15, 0.2) is 17.6 Å². The van der Waals surface area contributed by atoms with Crippen LogP contribution in [0.5, 0.6) is 11.5 Å². The molecule has 0 aliphatic carbocycles. The van der Waals surface area contributed by atoms with Crippen molar-refractivity contribution in [2.45, 2.75) is 18.7 Å². The van der Waals surface area contributed by atoms with E-state index in [0.717, 1.165) is 0 Å². The van der Waals surface area contributed by atoms with Crippen LogP contribution in [0.3, 0.4) is 0 Å². The van der Waals surface area contributed by atoms with E-state index in [9.17, 15) is 9.59 Å². The number of rotatable bonds is 6. The van der Waals surface area contributed by atoms with Crippen LogP contribution < -0.4 is 14.8 Å². The number of morpholine rings is 1. The zero-order chi connectivity index (χ0) is 19.4. The molecule has 1 aromatic heterocycles. The summed E-state index contributed by atoms with van der Waals surface area (Å²) in [4.78, 5) is 33.4. The highest BCUT2D eigenvalue weighted by molar-refractivity contribution is 5.86.